The van der Waals surface area contributed by atoms with Crippen LogP contribution in [-0.2, 0) is 39.8 Å². The topological polar surface area (TPSA) is 139 Å². The second-order valence-electron chi connectivity index (χ2n) is 9.17. The number of aliphatic hydroxyl groups is 1. The molecule has 35 heavy (non-hydrogen) atoms. The zero-order valence-electron chi connectivity index (χ0n) is 20.4. The maximum absolute atomic E-state index is 12.7. The SMILES string of the molecule is C=C(C)C1Cc2oc(cc2C(=O)OC)C(OC(C)=O)C(C)(O)CC2C=C(C(=O)O2)C(OC(C)=O)C1. The Morgan fingerprint density at radius 1 is 1.17 bits per heavy atom. The molecule has 0 saturated carbocycles. The van der Waals surface area contributed by atoms with E-state index >= 15 is 0 Å². The van der Waals surface area contributed by atoms with Crippen molar-refractivity contribution in [2.75, 3.05) is 7.11 Å². The summed E-state index contributed by atoms with van der Waals surface area (Å²) in [6, 6.07) is 1.37. The van der Waals surface area contributed by atoms with Crippen LogP contribution in [0.1, 0.15) is 68.5 Å². The van der Waals surface area contributed by atoms with Crippen molar-refractivity contribution in [3.8, 4) is 0 Å². The number of esters is 4. The number of fused-ring (bicyclic) bond motifs is 3. The summed E-state index contributed by atoms with van der Waals surface area (Å²) in [5, 5.41) is 11.3. The van der Waals surface area contributed by atoms with E-state index in [1.165, 1.54) is 40.0 Å². The molecule has 5 atom stereocenters. The fourth-order valence-corrected chi connectivity index (χ4v) is 4.41. The third kappa shape index (κ3) is 5.82. The molecule has 0 aliphatic carbocycles. The van der Waals surface area contributed by atoms with Gasteiger partial charge in [-0.2, -0.15) is 0 Å². The fourth-order valence-electron chi connectivity index (χ4n) is 4.41. The Morgan fingerprint density at radius 3 is 2.40 bits per heavy atom. The number of carbonyl (C=O) groups is 4. The van der Waals surface area contributed by atoms with Gasteiger partial charge in [0.15, 0.2) is 6.10 Å². The molecule has 190 valence electrons. The van der Waals surface area contributed by atoms with Gasteiger partial charge in [-0.15, -0.1) is 0 Å². The van der Waals surface area contributed by atoms with Gasteiger partial charge in [-0.1, -0.05) is 12.2 Å². The number of allylic oxidation sites excluding steroid dienone is 1. The maximum atomic E-state index is 12.7. The van der Waals surface area contributed by atoms with Crippen molar-refractivity contribution >= 4 is 23.9 Å². The number of carbonyl (C=O) groups excluding carboxylic acids is 4. The molecule has 3 rings (SSSR count). The Morgan fingerprint density at radius 2 is 1.83 bits per heavy atom. The zero-order chi connectivity index (χ0) is 26.1. The van der Waals surface area contributed by atoms with Gasteiger partial charge in [0.1, 0.15) is 34.9 Å². The van der Waals surface area contributed by atoms with Gasteiger partial charge >= 0.3 is 23.9 Å². The minimum atomic E-state index is -1.77. The van der Waals surface area contributed by atoms with E-state index in [1.807, 2.05) is 0 Å². The molecule has 10 heteroatoms. The first-order valence-electron chi connectivity index (χ1n) is 11.2. The lowest BCUT2D eigenvalue weighted by Crippen LogP contribution is -2.38. The number of furan rings is 1. The monoisotopic (exact) mass is 490 g/mol. The molecular weight excluding hydrogens is 460 g/mol. The van der Waals surface area contributed by atoms with Crippen LogP contribution in [0.25, 0.3) is 0 Å². The molecule has 5 unspecified atom stereocenters. The molecule has 1 aromatic heterocycles. The van der Waals surface area contributed by atoms with Crippen LogP contribution in [0.3, 0.4) is 0 Å². The van der Waals surface area contributed by atoms with Gasteiger partial charge in [-0.25, -0.2) is 9.59 Å². The summed E-state index contributed by atoms with van der Waals surface area (Å²) in [7, 11) is 1.22. The largest absolute Gasteiger partial charge is 0.465 e. The highest BCUT2D eigenvalue weighted by molar-refractivity contribution is 5.92. The van der Waals surface area contributed by atoms with Crippen LogP contribution in [0.2, 0.25) is 0 Å². The summed E-state index contributed by atoms with van der Waals surface area (Å²) in [6.45, 7) is 9.60. The summed E-state index contributed by atoms with van der Waals surface area (Å²) in [5.41, 5.74) is -0.845. The molecule has 4 bridgehead atoms. The molecule has 1 N–H and O–H groups in total. The van der Waals surface area contributed by atoms with Gasteiger partial charge in [-0.05, 0) is 38.3 Å². The molecule has 0 amide bonds. The first-order chi connectivity index (χ1) is 16.3. The second-order valence-corrected chi connectivity index (χ2v) is 9.17. The molecule has 0 saturated heterocycles. The van der Waals surface area contributed by atoms with Crippen molar-refractivity contribution in [1.29, 1.82) is 0 Å². The van der Waals surface area contributed by atoms with E-state index in [4.69, 9.17) is 23.4 Å². The Bertz CT molecular complexity index is 1080. The lowest BCUT2D eigenvalue weighted by molar-refractivity contribution is -0.170. The van der Waals surface area contributed by atoms with Gasteiger partial charge in [0, 0.05) is 26.7 Å². The number of rotatable bonds is 4. The van der Waals surface area contributed by atoms with Gasteiger partial charge in [0.2, 0.25) is 0 Å². The molecule has 0 radical (unpaired) electrons. The highest BCUT2D eigenvalue weighted by atomic mass is 16.6. The molecule has 1 aromatic rings. The zero-order valence-corrected chi connectivity index (χ0v) is 20.4. The first kappa shape index (κ1) is 26.2. The van der Waals surface area contributed by atoms with E-state index in [0.717, 1.165) is 0 Å². The Labute approximate surface area is 202 Å². The molecule has 10 nitrogen and oxygen atoms in total. The molecular formula is C25H30O10. The van der Waals surface area contributed by atoms with Crippen LogP contribution < -0.4 is 0 Å². The van der Waals surface area contributed by atoms with Crippen LogP contribution in [0, 0.1) is 5.92 Å². The Balaban J connectivity index is 2.20. The molecule has 0 aromatic carbocycles. The normalized spacial score (nSPS) is 28.4. The third-order valence-corrected chi connectivity index (χ3v) is 6.10. The maximum Gasteiger partial charge on any atom is 0.341 e. The van der Waals surface area contributed by atoms with Gasteiger partial charge < -0.3 is 28.5 Å². The standard InChI is InChI=1S/C25H30O10/c1-12(2)15-7-19(32-13(3)26)17-9-16(34-24(17)29)11-25(5,30)22(33-14(4)27)21-10-18(23(28)31-6)20(8-15)35-21/h9-10,15-16,19,22,30H,1,7-8,11H2,2-6H3. The minimum Gasteiger partial charge on any atom is -0.465 e. The van der Waals surface area contributed by atoms with Crippen molar-refractivity contribution in [2.24, 2.45) is 5.92 Å². The van der Waals surface area contributed by atoms with Gasteiger partial charge in [-0.3, -0.25) is 9.59 Å². The molecule has 2 aliphatic heterocycles. The van der Waals surface area contributed by atoms with Crippen molar-refractivity contribution in [3.63, 3.8) is 0 Å². The summed E-state index contributed by atoms with van der Waals surface area (Å²) < 4.78 is 27.2. The number of ether oxygens (including phenoxy) is 4. The first-order valence-corrected chi connectivity index (χ1v) is 11.2. The van der Waals surface area contributed by atoms with E-state index < -0.39 is 47.8 Å². The molecule has 3 heterocycles. The molecule has 0 spiro atoms. The predicted molar refractivity (Wildman–Crippen MR) is 120 cm³/mol. The summed E-state index contributed by atoms with van der Waals surface area (Å²) in [6.07, 6.45) is -1.50. The quantitative estimate of drug-likeness (QED) is 0.381. The van der Waals surface area contributed by atoms with E-state index in [9.17, 15) is 24.3 Å². The summed E-state index contributed by atoms with van der Waals surface area (Å²) in [4.78, 5) is 49.0. The highest BCUT2D eigenvalue weighted by Crippen LogP contribution is 2.40. The van der Waals surface area contributed by atoms with Crippen molar-refractivity contribution < 1.29 is 47.6 Å². The van der Waals surface area contributed by atoms with E-state index in [2.05, 4.69) is 6.58 Å². The van der Waals surface area contributed by atoms with Crippen LogP contribution in [0.5, 0.6) is 0 Å². The Hall–Kier alpha value is -3.40. The highest BCUT2D eigenvalue weighted by Gasteiger charge is 2.45. The van der Waals surface area contributed by atoms with E-state index in [-0.39, 0.29) is 47.8 Å². The van der Waals surface area contributed by atoms with Crippen molar-refractivity contribution in [3.05, 3.63) is 47.0 Å². The van der Waals surface area contributed by atoms with Gasteiger partial charge in [0.05, 0.1) is 12.7 Å². The van der Waals surface area contributed by atoms with Crippen LogP contribution >= 0.6 is 0 Å². The Kier molecular flexibility index (Phi) is 7.54. The van der Waals surface area contributed by atoms with E-state index in [1.54, 1.807) is 6.92 Å². The average molecular weight is 491 g/mol. The van der Waals surface area contributed by atoms with Gasteiger partial charge in [0.25, 0.3) is 0 Å². The van der Waals surface area contributed by atoms with E-state index in [0.29, 0.717) is 5.57 Å². The van der Waals surface area contributed by atoms with Crippen LogP contribution in [0.15, 0.2) is 34.3 Å². The second kappa shape index (κ2) is 10.1. The predicted octanol–water partition coefficient (Wildman–Crippen LogP) is 2.73. The smallest absolute Gasteiger partial charge is 0.341 e. The number of methoxy groups -OCH3 is 1. The van der Waals surface area contributed by atoms with Crippen LogP contribution in [0.4, 0.5) is 0 Å². The number of hydrogen-bond donors (Lipinski definition) is 1. The minimum absolute atomic E-state index is 0.0328. The summed E-state index contributed by atoms with van der Waals surface area (Å²) in [5.74, 6) is -2.77. The van der Waals surface area contributed by atoms with Crippen molar-refractivity contribution in [2.45, 2.75) is 70.9 Å². The van der Waals surface area contributed by atoms with Crippen molar-refractivity contribution in [1.82, 2.24) is 0 Å². The average Bonchev–Trinajstić information content (AvgIpc) is 3.31. The molecule has 0 fully saturated rings. The van der Waals surface area contributed by atoms with Crippen LogP contribution in [-0.4, -0.2) is 53.9 Å². The fraction of sp³-hybridized carbons (Fsp3) is 0.520. The molecule has 2 aliphatic rings. The lowest BCUT2D eigenvalue weighted by Gasteiger charge is -2.32. The lowest BCUT2D eigenvalue weighted by atomic mass is 9.86. The third-order valence-electron chi connectivity index (χ3n) is 6.10. The number of hydrogen-bond acceptors (Lipinski definition) is 10. The summed E-state index contributed by atoms with van der Waals surface area (Å²) >= 11 is 0.